The van der Waals surface area contributed by atoms with Crippen molar-refractivity contribution in [2.75, 3.05) is 5.32 Å². The lowest BCUT2D eigenvalue weighted by Gasteiger charge is -2.05. The number of para-hydroxylation sites is 1. The average molecular weight is 563 g/mol. The van der Waals surface area contributed by atoms with Gasteiger partial charge in [-0.3, -0.25) is 24.3 Å². The molecule has 2 heterocycles. The molecule has 0 aliphatic carbocycles. The summed E-state index contributed by atoms with van der Waals surface area (Å²) in [6.07, 6.45) is 6.19. The van der Waals surface area contributed by atoms with E-state index < -0.39 is 27.8 Å². The van der Waals surface area contributed by atoms with E-state index in [1.807, 2.05) is 0 Å². The van der Waals surface area contributed by atoms with Crippen molar-refractivity contribution in [3.05, 3.63) is 109 Å². The van der Waals surface area contributed by atoms with E-state index in [-0.39, 0.29) is 27.1 Å². The smallest absolute Gasteiger partial charge is 0.283 e. The first-order valence-corrected chi connectivity index (χ1v) is 12.8. The molecule has 196 valence electrons. The number of imidazole rings is 1. The van der Waals surface area contributed by atoms with Crippen LogP contribution < -0.4 is 20.1 Å². The largest absolute Gasteiger partial charge is 0.329 e. The number of thiazole rings is 1. The van der Waals surface area contributed by atoms with E-state index in [0.717, 1.165) is 29.2 Å². The molecule has 39 heavy (non-hydrogen) atoms. The van der Waals surface area contributed by atoms with Gasteiger partial charge in [0.1, 0.15) is 16.5 Å². The Bertz CT molecular complexity index is 1830. The molecule has 0 unspecified atom stereocenters. The quantitative estimate of drug-likeness (QED) is 0.198. The van der Waals surface area contributed by atoms with E-state index in [0.29, 0.717) is 15.6 Å². The van der Waals surface area contributed by atoms with Crippen molar-refractivity contribution < 1.29 is 14.1 Å². The molecule has 0 aliphatic heterocycles. The topological polar surface area (TPSA) is 136 Å². The Morgan fingerprint density at radius 1 is 1.36 bits per heavy atom. The third-order valence-electron chi connectivity index (χ3n) is 5.35. The number of nitriles is 1. The molecule has 10 nitrogen and oxygen atoms in total. The van der Waals surface area contributed by atoms with Crippen molar-refractivity contribution >= 4 is 52.0 Å². The van der Waals surface area contributed by atoms with Crippen molar-refractivity contribution in [2.45, 2.75) is 16.6 Å². The lowest BCUT2D eigenvalue weighted by Crippen LogP contribution is -2.33. The van der Waals surface area contributed by atoms with Crippen LogP contribution in [-0.4, -0.2) is 24.9 Å². The predicted molar refractivity (Wildman–Crippen MR) is 146 cm³/mol. The number of nitro groups is 1. The highest BCUT2D eigenvalue weighted by atomic mass is 32.2. The molecule has 0 fully saturated rings. The summed E-state index contributed by atoms with van der Waals surface area (Å²) in [5.74, 6) is -1.57. The Labute approximate surface area is 228 Å². The van der Waals surface area contributed by atoms with Crippen LogP contribution in [0.15, 0.2) is 82.4 Å². The van der Waals surface area contributed by atoms with Gasteiger partial charge in [0, 0.05) is 32.1 Å². The fourth-order valence-electron chi connectivity index (χ4n) is 3.50. The Morgan fingerprint density at radius 2 is 2.13 bits per heavy atom. The molecule has 13 heteroatoms. The van der Waals surface area contributed by atoms with Crippen LogP contribution in [-0.2, 0) is 18.4 Å². The standard InChI is InChI=1S/C26H19FN6O4S2/c1-3-11-32-24(35)22(38-25(32)17(15-28)23(34)30-19-7-5-4-6-18(19)27)14-16-8-9-21(20(13-16)33(36)37)39-26-29-10-12-31(26)2/h3-10,12-14H,1,11H2,2H3,(H,30,34). The summed E-state index contributed by atoms with van der Waals surface area (Å²) in [7, 11) is 1.77. The Kier molecular flexibility index (Phi) is 8.18. The average Bonchev–Trinajstić information content (AvgIpc) is 3.44. The zero-order valence-corrected chi connectivity index (χ0v) is 22.0. The van der Waals surface area contributed by atoms with Crippen LogP contribution in [0.5, 0.6) is 0 Å². The Hall–Kier alpha value is -4.80. The molecule has 0 atom stereocenters. The first-order valence-electron chi connectivity index (χ1n) is 11.2. The number of nitrogens with zero attached hydrogens (tertiary/aromatic N) is 5. The Morgan fingerprint density at radius 3 is 2.77 bits per heavy atom. The van der Waals surface area contributed by atoms with E-state index in [4.69, 9.17) is 0 Å². The van der Waals surface area contributed by atoms with Gasteiger partial charge in [-0.05, 0) is 41.6 Å². The summed E-state index contributed by atoms with van der Waals surface area (Å²) in [5.41, 5.74) is -0.832. The molecule has 4 rings (SSSR count). The van der Waals surface area contributed by atoms with Crippen LogP contribution in [0.4, 0.5) is 15.8 Å². The number of allylic oxidation sites excluding steroid dienone is 1. The van der Waals surface area contributed by atoms with Crippen LogP contribution in [0.3, 0.4) is 0 Å². The summed E-state index contributed by atoms with van der Waals surface area (Å²) in [6, 6.07) is 11.8. The molecule has 0 spiro atoms. The number of rotatable bonds is 8. The van der Waals surface area contributed by atoms with E-state index in [9.17, 15) is 29.4 Å². The molecule has 1 N–H and O–H groups in total. The van der Waals surface area contributed by atoms with Gasteiger partial charge in [0.05, 0.1) is 20.0 Å². The predicted octanol–water partition coefficient (Wildman–Crippen LogP) is 3.17. The van der Waals surface area contributed by atoms with Crippen molar-refractivity contribution in [1.82, 2.24) is 14.1 Å². The first-order chi connectivity index (χ1) is 18.7. The number of halogens is 1. The van der Waals surface area contributed by atoms with Gasteiger partial charge in [0.15, 0.2) is 10.7 Å². The molecule has 1 amide bonds. The maximum atomic E-state index is 14.0. The van der Waals surface area contributed by atoms with Gasteiger partial charge < -0.3 is 9.88 Å². The van der Waals surface area contributed by atoms with Gasteiger partial charge in [-0.2, -0.15) is 5.26 Å². The number of nitro benzene ring substituents is 1. The zero-order chi connectivity index (χ0) is 28.1. The second-order valence-electron chi connectivity index (χ2n) is 7.95. The van der Waals surface area contributed by atoms with Crippen LogP contribution in [0.2, 0.25) is 0 Å². The number of carbonyl (C=O) groups excluding carboxylic acids is 1. The van der Waals surface area contributed by atoms with E-state index >= 15 is 0 Å². The molecule has 0 bridgehead atoms. The highest BCUT2D eigenvalue weighted by Crippen LogP contribution is 2.34. The molecule has 0 saturated heterocycles. The number of hydrogen-bond acceptors (Lipinski definition) is 8. The lowest BCUT2D eigenvalue weighted by molar-refractivity contribution is -0.387. The van der Waals surface area contributed by atoms with Gasteiger partial charge in [-0.25, -0.2) is 9.37 Å². The first kappa shape index (κ1) is 27.2. The lowest BCUT2D eigenvalue weighted by atomic mass is 10.2. The highest BCUT2D eigenvalue weighted by Gasteiger charge is 2.19. The minimum Gasteiger partial charge on any atom is -0.329 e. The molecule has 2 aromatic carbocycles. The molecule has 0 radical (unpaired) electrons. The van der Waals surface area contributed by atoms with Crippen LogP contribution >= 0.6 is 23.1 Å². The second kappa shape index (κ2) is 11.7. The van der Waals surface area contributed by atoms with Gasteiger partial charge in [0.25, 0.3) is 17.2 Å². The number of nitrogens with one attached hydrogen (secondary N) is 1. The number of aryl methyl sites for hydroxylation is 1. The molecule has 0 aliphatic rings. The van der Waals surface area contributed by atoms with Crippen molar-refractivity contribution in [2.24, 2.45) is 7.05 Å². The van der Waals surface area contributed by atoms with E-state index in [1.54, 1.807) is 42.2 Å². The van der Waals surface area contributed by atoms with Crippen LogP contribution in [0, 0.1) is 27.3 Å². The number of amides is 1. The number of aromatic nitrogens is 3. The second-order valence-corrected chi connectivity index (χ2v) is 9.99. The monoisotopic (exact) mass is 562 g/mol. The van der Waals surface area contributed by atoms with Gasteiger partial charge >= 0.3 is 0 Å². The normalized spacial score (nSPS) is 12.1. The van der Waals surface area contributed by atoms with Crippen LogP contribution in [0.25, 0.3) is 11.6 Å². The number of benzene rings is 2. The molecular formula is C26H19FN6O4S2. The van der Waals surface area contributed by atoms with Crippen molar-refractivity contribution in [1.29, 1.82) is 5.26 Å². The summed E-state index contributed by atoms with van der Waals surface area (Å²) in [5, 5.41) is 24.5. The third kappa shape index (κ3) is 5.87. The molecule has 0 saturated carbocycles. The number of carbonyl (C=O) groups is 1. The van der Waals surface area contributed by atoms with Gasteiger partial charge in [0.2, 0.25) is 0 Å². The maximum Gasteiger partial charge on any atom is 0.283 e. The van der Waals surface area contributed by atoms with E-state index in [1.165, 1.54) is 41.0 Å². The van der Waals surface area contributed by atoms with Crippen molar-refractivity contribution in [3.8, 4) is 6.07 Å². The van der Waals surface area contributed by atoms with Crippen LogP contribution in [0.1, 0.15) is 5.56 Å². The fraction of sp³-hybridized carbons (Fsp3) is 0.0769. The zero-order valence-electron chi connectivity index (χ0n) is 20.3. The summed E-state index contributed by atoms with van der Waals surface area (Å²) in [6.45, 7) is 3.62. The number of hydrogen-bond donors (Lipinski definition) is 1. The van der Waals surface area contributed by atoms with Gasteiger partial charge in [-0.1, -0.05) is 24.3 Å². The third-order valence-corrected chi connectivity index (χ3v) is 7.62. The molecule has 2 aromatic heterocycles. The minimum absolute atomic E-state index is 0.00391. The highest BCUT2D eigenvalue weighted by molar-refractivity contribution is 7.99. The Balaban J connectivity index is 1.82. The van der Waals surface area contributed by atoms with E-state index in [2.05, 4.69) is 16.9 Å². The molecular weight excluding hydrogens is 543 g/mol. The molecule has 4 aromatic rings. The fourth-order valence-corrected chi connectivity index (χ4v) is 5.49. The summed E-state index contributed by atoms with van der Waals surface area (Å²) in [4.78, 5) is 41.9. The number of anilines is 1. The minimum atomic E-state index is -0.889. The summed E-state index contributed by atoms with van der Waals surface area (Å²) >= 11 is 2.00. The van der Waals surface area contributed by atoms with Crippen molar-refractivity contribution in [3.63, 3.8) is 0 Å². The van der Waals surface area contributed by atoms with Gasteiger partial charge in [-0.15, -0.1) is 17.9 Å². The SMILES string of the molecule is C=CCn1c(=C(C#N)C(=O)Nc2ccccc2F)sc(=Cc2ccc(Sc3nccn3C)c([N+](=O)[O-])c2)c1=O. The maximum absolute atomic E-state index is 14.0. The summed E-state index contributed by atoms with van der Waals surface area (Å²) < 4.78 is 17.1.